The van der Waals surface area contributed by atoms with Crippen molar-refractivity contribution in [3.63, 3.8) is 0 Å². The molecular weight excluding hydrogens is 178 g/mol. The molecule has 0 aliphatic carbocycles. The SMILES string of the molecule is Cc1ccc(C(C)CC(=O)O)cc1N. The summed E-state index contributed by atoms with van der Waals surface area (Å²) in [6.45, 7) is 3.82. The Morgan fingerprint density at radius 2 is 2.21 bits per heavy atom. The molecule has 0 heterocycles. The summed E-state index contributed by atoms with van der Waals surface area (Å²) < 4.78 is 0. The molecule has 0 spiro atoms. The van der Waals surface area contributed by atoms with Gasteiger partial charge in [-0.3, -0.25) is 4.79 Å². The minimum absolute atomic E-state index is 0.00963. The lowest BCUT2D eigenvalue weighted by Gasteiger charge is -2.10. The summed E-state index contributed by atoms with van der Waals surface area (Å²) in [5.74, 6) is -0.771. The fourth-order valence-electron chi connectivity index (χ4n) is 1.35. The standard InChI is InChI=1S/C11H15NO2/c1-7-3-4-9(6-10(7)12)8(2)5-11(13)14/h3-4,6,8H,5,12H2,1-2H3,(H,13,14). The Balaban J connectivity index is 2.85. The molecule has 0 fully saturated rings. The van der Waals surface area contributed by atoms with Crippen LogP contribution < -0.4 is 5.73 Å². The summed E-state index contributed by atoms with van der Waals surface area (Å²) in [5.41, 5.74) is 8.47. The summed E-state index contributed by atoms with van der Waals surface area (Å²) >= 11 is 0. The van der Waals surface area contributed by atoms with Crippen molar-refractivity contribution in [2.45, 2.75) is 26.2 Å². The largest absolute Gasteiger partial charge is 0.481 e. The van der Waals surface area contributed by atoms with Crippen LogP contribution in [0.3, 0.4) is 0 Å². The number of nitrogen functional groups attached to an aromatic ring is 1. The van der Waals surface area contributed by atoms with Crippen molar-refractivity contribution >= 4 is 11.7 Å². The number of carboxylic acid groups (broad SMARTS) is 1. The lowest BCUT2D eigenvalue weighted by atomic mass is 9.96. The molecule has 0 saturated heterocycles. The molecule has 0 aliphatic rings. The monoisotopic (exact) mass is 193 g/mol. The molecule has 3 nitrogen and oxygen atoms in total. The first-order chi connectivity index (χ1) is 6.50. The van der Waals surface area contributed by atoms with Gasteiger partial charge in [0.2, 0.25) is 0 Å². The average Bonchev–Trinajstić information content (AvgIpc) is 2.08. The first kappa shape index (κ1) is 10.6. The second kappa shape index (κ2) is 4.13. The van der Waals surface area contributed by atoms with Crippen molar-refractivity contribution in [2.75, 3.05) is 5.73 Å². The molecule has 3 N–H and O–H groups in total. The molecule has 1 aromatic rings. The minimum Gasteiger partial charge on any atom is -0.481 e. The minimum atomic E-state index is -0.781. The van der Waals surface area contributed by atoms with Crippen molar-refractivity contribution in [3.8, 4) is 0 Å². The zero-order valence-electron chi connectivity index (χ0n) is 8.45. The highest BCUT2D eigenvalue weighted by atomic mass is 16.4. The molecule has 0 aliphatic heterocycles. The summed E-state index contributed by atoms with van der Waals surface area (Å²) in [6, 6.07) is 5.70. The molecule has 1 unspecified atom stereocenters. The maximum atomic E-state index is 10.5. The van der Waals surface area contributed by atoms with Gasteiger partial charge in [-0.05, 0) is 30.0 Å². The highest BCUT2D eigenvalue weighted by molar-refractivity contribution is 5.68. The lowest BCUT2D eigenvalue weighted by molar-refractivity contribution is -0.137. The maximum absolute atomic E-state index is 10.5. The van der Waals surface area contributed by atoms with E-state index in [0.717, 1.165) is 16.8 Å². The second-order valence-electron chi connectivity index (χ2n) is 3.61. The lowest BCUT2D eigenvalue weighted by Crippen LogP contribution is -2.03. The smallest absolute Gasteiger partial charge is 0.303 e. The van der Waals surface area contributed by atoms with Crippen LogP contribution in [0, 0.1) is 6.92 Å². The Hall–Kier alpha value is -1.51. The Morgan fingerprint density at radius 3 is 2.71 bits per heavy atom. The maximum Gasteiger partial charge on any atom is 0.303 e. The fourth-order valence-corrected chi connectivity index (χ4v) is 1.35. The number of benzene rings is 1. The zero-order chi connectivity index (χ0) is 10.7. The number of aliphatic carboxylic acids is 1. The van der Waals surface area contributed by atoms with Gasteiger partial charge in [-0.1, -0.05) is 19.1 Å². The molecule has 76 valence electrons. The van der Waals surface area contributed by atoms with Gasteiger partial charge in [-0.2, -0.15) is 0 Å². The van der Waals surface area contributed by atoms with Crippen molar-refractivity contribution in [1.29, 1.82) is 0 Å². The van der Waals surface area contributed by atoms with Gasteiger partial charge < -0.3 is 10.8 Å². The van der Waals surface area contributed by atoms with E-state index in [1.807, 2.05) is 32.0 Å². The first-order valence-corrected chi connectivity index (χ1v) is 4.58. The molecule has 0 aromatic heterocycles. The first-order valence-electron chi connectivity index (χ1n) is 4.58. The van der Waals surface area contributed by atoms with Gasteiger partial charge in [0.15, 0.2) is 0 Å². The van der Waals surface area contributed by atoms with Gasteiger partial charge in [0.25, 0.3) is 0 Å². The van der Waals surface area contributed by atoms with Crippen molar-refractivity contribution in [1.82, 2.24) is 0 Å². The van der Waals surface area contributed by atoms with E-state index in [2.05, 4.69) is 0 Å². The molecule has 0 saturated carbocycles. The number of carboxylic acids is 1. The van der Waals surface area contributed by atoms with Crippen molar-refractivity contribution < 1.29 is 9.90 Å². The molecule has 0 amide bonds. The van der Waals surface area contributed by atoms with E-state index in [0.29, 0.717) is 0 Å². The van der Waals surface area contributed by atoms with Crippen LogP contribution in [0.5, 0.6) is 0 Å². The number of carbonyl (C=O) groups is 1. The molecule has 3 heteroatoms. The van der Waals surface area contributed by atoms with Crippen molar-refractivity contribution in [2.24, 2.45) is 0 Å². The third-order valence-corrected chi connectivity index (χ3v) is 2.35. The van der Waals surface area contributed by atoms with Gasteiger partial charge in [0, 0.05) is 5.69 Å². The van der Waals surface area contributed by atoms with Crippen LogP contribution >= 0.6 is 0 Å². The molecule has 14 heavy (non-hydrogen) atoms. The van der Waals surface area contributed by atoms with Crippen LogP contribution in [0.4, 0.5) is 5.69 Å². The van der Waals surface area contributed by atoms with Crippen LogP contribution in [0.15, 0.2) is 18.2 Å². The quantitative estimate of drug-likeness (QED) is 0.723. The molecule has 1 aromatic carbocycles. The van der Waals surface area contributed by atoms with E-state index in [4.69, 9.17) is 10.8 Å². The average molecular weight is 193 g/mol. The molecule has 1 atom stereocenters. The van der Waals surface area contributed by atoms with Gasteiger partial charge in [0.05, 0.1) is 6.42 Å². The topological polar surface area (TPSA) is 63.3 Å². The third kappa shape index (κ3) is 2.49. The normalized spacial score (nSPS) is 12.4. The van der Waals surface area contributed by atoms with E-state index >= 15 is 0 Å². The molecule has 0 radical (unpaired) electrons. The van der Waals surface area contributed by atoms with Gasteiger partial charge in [0.1, 0.15) is 0 Å². The number of rotatable bonds is 3. The highest BCUT2D eigenvalue weighted by Gasteiger charge is 2.10. The number of nitrogens with two attached hydrogens (primary N) is 1. The summed E-state index contributed by atoms with van der Waals surface area (Å²) in [7, 11) is 0. The second-order valence-corrected chi connectivity index (χ2v) is 3.61. The van der Waals surface area contributed by atoms with Crippen LogP contribution in [0.2, 0.25) is 0 Å². The third-order valence-electron chi connectivity index (χ3n) is 2.35. The van der Waals surface area contributed by atoms with E-state index in [9.17, 15) is 4.79 Å². The van der Waals surface area contributed by atoms with E-state index in [1.54, 1.807) is 0 Å². The summed E-state index contributed by atoms with van der Waals surface area (Å²) in [5, 5.41) is 8.64. The predicted molar refractivity (Wildman–Crippen MR) is 56.3 cm³/mol. The fraction of sp³-hybridized carbons (Fsp3) is 0.364. The summed E-state index contributed by atoms with van der Waals surface area (Å²) in [4.78, 5) is 10.5. The zero-order valence-corrected chi connectivity index (χ0v) is 8.45. The van der Waals surface area contributed by atoms with E-state index < -0.39 is 5.97 Å². The molecular formula is C11H15NO2. The van der Waals surface area contributed by atoms with E-state index in [-0.39, 0.29) is 12.3 Å². The Bertz CT molecular complexity index is 347. The van der Waals surface area contributed by atoms with Crippen LogP contribution in [-0.2, 0) is 4.79 Å². The highest BCUT2D eigenvalue weighted by Crippen LogP contribution is 2.22. The van der Waals surface area contributed by atoms with Gasteiger partial charge in [-0.15, -0.1) is 0 Å². The van der Waals surface area contributed by atoms with Crippen LogP contribution in [-0.4, -0.2) is 11.1 Å². The molecule has 0 bridgehead atoms. The number of aryl methyl sites for hydroxylation is 1. The van der Waals surface area contributed by atoms with Crippen LogP contribution in [0.1, 0.15) is 30.4 Å². The van der Waals surface area contributed by atoms with Crippen LogP contribution in [0.25, 0.3) is 0 Å². The van der Waals surface area contributed by atoms with Gasteiger partial charge in [-0.25, -0.2) is 0 Å². The number of hydrogen-bond donors (Lipinski definition) is 2. The van der Waals surface area contributed by atoms with E-state index in [1.165, 1.54) is 0 Å². The Labute approximate surface area is 83.6 Å². The van der Waals surface area contributed by atoms with Gasteiger partial charge >= 0.3 is 5.97 Å². The Morgan fingerprint density at radius 1 is 1.57 bits per heavy atom. The number of anilines is 1. The van der Waals surface area contributed by atoms with Crippen molar-refractivity contribution in [3.05, 3.63) is 29.3 Å². The predicted octanol–water partition coefficient (Wildman–Crippen LogP) is 2.16. The molecule has 1 rings (SSSR count). The number of hydrogen-bond acceptors (Lipinski definition) is 2. The summed E-state index contributed by atoms with van der Waals surface area (Å²) in [6.07, 6.45) is 0.141. The Kier molecular flexibility index (Phi) is 3.12.